The third-order valence-electron chi connectivity index (χ3n) is 3.00. The van der Waals surface area contributed by atoms with E-state index in [0.717, 1.165) is 30.3 Å². The van der Waals surface area contributed by atoms with Gasteiger partial charge in [-0.1, -0.05) is 13.3 Å². The van der Waals surface area contributed by atoms with Gasteiger partial charge in [-0.05, 0) is 48.7 Å². The number of aromatic nitrogens is 1. The van der Waals surface area contributed by atoms with Gasteiger partial charge in [-0.25, -0.2) is 0 Å². The van der Waals surface area contributed by atoms with Crippen LogP contribution in [0.4, 0.5) is 0 Å². The van der Waals surface area contributed by atoms with Crippen LogP contribution in [0.5, 0.6) is 0 Å². The average Bonchev–Trinajstić information content (AvgIpc) is 2.80. The minimum atomic E-state index is -0.0297. The second-order valence-electron chi connectivity index (χ2n) is 5.12. The summed E-state index contributed by atoms with van der Waals surface area (Å²) in [4.78, 5) is 12.1. The van der Waals surface area contributed by atoms with Crippen molar-refractivity contribution in [3.05, 3.63) is 22.4 Å². The van der Waals surface area contributed by atoms with Gasteiger partial charge in [0.15, 0.2) is 0 Å². The highest BCUT2D eigenvalue weighted by Gasteiger charge is 2.14. The molecular weight excluding hydrogens is 320 g/mol. The maximum absolute atomic E-state index is 12.1. The normalized spacial score (nSPS) is 11.1. The van der Waals surface area contributed by atoms with Gasteiger partial charge in [-0.15, -0.1) is 0 Å². The van der Waals surface area contributed by atoms with E-state index >= 15 is 0 Å². The molecule has 1 heterocycles. The fourth-order valence-electron chi connectivity index (χ4n) is 1.87. The van der Waals surface area contributed by atoms with E-state index in [1.807, 2.05) is 16.8 Å². The van der Waals surface area contributed by atoms with Gasteiger partial charge in [-0.2, -0.15) is 0 Å². The number of halogens is 1. The van der Waals surface area contributed by atoms with Crippen molar-refractivity contribution in [3.8, 4) is 0 Å². The van der Waals surface area contributed by atoms with Gasteiger partial charge in [0.05, 0.1) is 0 Å². The third-order valence-corrected chi connectivity index (χ3v) is 3.43. The Kier molecular flexibility index (Phi) is 7.92. The number of hydrogen-bond donors (Lipinski definition) is 1. The van der Waals surface area contributed by atoms with Crippen LogP contribution in [0.3, 0.4) is 0 Å². The van der Waals surface area contributed by atoms with Crippen LogP contribution in [0, 0.1) is 0 Å². The number of carbonyl (C=O) groups is 1. The molecule has 0 aliphatic heterocycles. The highest BCUT2D eigenvalue weighted by molar-refractivity contribution is 9.10. The summed E-state index contributed by atoms with van der Waals surface area (Å²) in [6.45, 7) is 8.43. The highest BCUT2D eigenvalue weighted by atomic mass is 79.9. The summed E-state index contributed by atoms with van der Waals surface area (Å²) in [6, 6.07) is 2.12. The molecule has 0 aromatic carbocycles. The Labute approximate surface area is 130 Å². The molecule has 0 aliphatic rings. The van der Waals surface area contributed by atoms with Crippen molar-refractivity contribution in [2.75, 3.05) is 19.8 Å². The molecule has 1 amide bonds. The van der Waals surface area contributed by atoms with Crippen molar-refractivity contribution in [3.63, 3.8) is 0 Å². The first-order valence-electron chi connectivity index (χ1n) is 7.29. The lowest BCUT2D eigenvalue weighted by atomic mass is 10.3. The molecule has 0 unspecified atom stereocenters. The highest BCUT2D eigenvalue weighted by Crippen LogP contribution is 2.19. The summed E-state index contributed by atoms with van der Waals surface area (Å²) in [7, 11) is 0. The summed E-state index contributed by atoms with van der Waals surface area (Å²) < 4.78 is 8.36. The fraction of sp³-hybridized carbons (Fsp3) is 0.667. The summed E-state index contributed by atoms with van der Waals surface area (Å²) in [5.41, 5.74) is 0.693. The summed E-state index contributed by atoms with van der Waals surface area (Å²) in [6.07, 6.45) is 5.03. The van der Waals surface area contributed by atoms with E-state index in [1.165, 1.54) is 0 Å². The zero-order valence-corrected chi connectivity index (χ0v) is 14.2. The van der Waals surface area contributed by atoms with Gasteiger partial charge in [-0.3, -0.25) is 4.79 Å². The lowest BCUT2D eigenvalue weighted by molar-refractivity contribution is 0.0930. The van der Waals surface area contributed by atoms with Crippen LogP contribution >= 0.6 is 15.9 Å². The predicted octanol–water partition coefficient (Wildman–Crippen LogP) is 3.77. The van der Waals surface area contributed by atoms with Gasteiger partial charge >= 0.3 is 0 Å². The van der Waals surface area contributed by atoms with E-state index in [2.05, 4.69) is 42.0 Å². The maximum atomic E-state index is 12.1. The maximum Gasteiger partial charge on any atom is 0.267 e. The topological polar surface area (TPSA) is 43.3 Å². The molecule has 1 aromatic heterocycles. The van der Waals surface area contributed by atoms with Crippen LogP contribution in [-0.2, 0) is 4.74 Å². The molecule has 114 valence electrons. The first-order valence-corrected chi connectivity index (χ1v) is 8.08. The molecule has 1 N–H and O–H groups in total. The van der Waals surface area contributed by atoms with Crippen LogP contribution in [-0.4, -0.2) is 30.2 Å². The Bertz CT molecular complexity index is 416. The van der Waals surface area contributed by atoms with Gasteiger partial charge in [0.25, 0.3) is 5.91 Å². The Hall–Kier alpha value is -0.810. The van der Waals surface area contributed by atoms with Crippen molar-refractivity contribution < 1.29 is 9.53 Å². The largest absolute Gasteiger partial charge is 0.381 e. The third kappa shape index (κ3) is 5.67. The lowest BCUT2D eigenvalue weighted by Crippen LogP contribution is -2.27. The first-order chi connectivity index (χ1) is 9.56. The Morgan fingerprint density at radius 2 is 2.10 bits per heavy atom. The zero-order valence-electron chi connectivity index (χ0n) is 12.6. The molecular formula is C15H25BrN2O2. The second kappa shape index (κ2) is 9.19. The van der Waals surface area contributed by atoms with Gasteiger partial charge in [0.1, 0.15) is 5.69 Å². The number of ether oxygens (including phenoxy) is 1. The standard InChI is InChI=1S/C15H25BrN2O2/c1-4-5-8-20-9-6-7-17-15(19)14-10-13(16)11-18(14)12(2)3/h10-12H,4-9H2,1-3H3,(H,17,19). The van der Waals surface area contributed by atoms with Crippen molar-refractivity contribution in [2.45, 2.75) is 46.1 Å². The molecule has 1 aromatic rings. The van der Waals surface area contributed by atoms with E-state index in [9.17, 15) is 4.79 Å². The number of carbonyl (C=O) groups excluding carboxylic acids is 1. The van der Waals surface area contributed by atoms with E-state index in [4.69, 9.17) is 4.74 Å². The quantitative estimate of drug-likeness (QED) is 0.693. The Balaban J connectivity index is 2.32. The second-order valence-corrected chi connectivity index (χ2v) is 6.04. The van der Waals surface area contributed by atoms with Gasteiger partial charge in [0, 0.05) is 36.5 Å². The van der Waals surface area contributed by atoms with Gasteiger partial charge < -0.3 is 14.6 Å². The van der Waals surface area contributed by atoms with Crippen LogP contribution in [0.1, 0.15) is 56.6 Å². The number of rotatable bonds is 9. The summed E-state index contributed by atoms with van der Waals surface area (Å²) in [5.74, 6) is -0.0297. The minimum Gasteiger partial charge on any atom is -0.381 e. The average molecular weight is 345 g/mol. The summed E-state index contributed by atoms with van der Waals surface area (Å²) >= 11 is 3.42. The molecule has 0 bridgehead atoms. The number of nitrogens with zero attached hydrogens (tertiary/aromatic N) is 1. The SMILES string of the molecule is CCCCOCCCNC(=O)c1cc(Br)cn1C(C)C. The van der Waals surface area contributed by atoms with E-state index in [1.54, 1.807) is 0 Å². The fourth-order valence-corrected chi connectivity index (χ4v) is 2.31. The van der Waals surface area contributed by atoms with E-state index in [-0.39, 0.29) is 11.9 Å². The first kappa shape index (κ1) is 17.2. The minimum absolute atomic E-state index is 0.0297. The number of unbranched alkanes of at least 4 members (excludes halogenated alkanes) is 1. The van der Waals surface area contributed by atoms with Crippen molar-refractivity contribution in [1.82, 2.24) is 9.88 Å². The van der Waals surface area contributed by atoms with Gasteiger partial charge in [0.2, 0.25) is 0 Å². The molecule has 20 heavy (non-hydrogen) atoms. The molecule has 4 nitrogen and oxygen atoms in total. The van der Waals surface area contributed by atoms with Crippen LogP contribution in [0.15, 0.2) is 16.7 Å². The number of hydrogen-bond acceptors (Lipinski definition) is 2. The molecule has 1 rings (SSSR count). The van der Waals surface area contributed by atoms with Crippen molar-refractivity contribution >= 4 is 21.8 Å². The van der Waals surface area contributed by atoms with Crippen molar-refractivity contribution in [2.24, 2.45) is 0 Å². The van der Waals surface area contributed by atoms with Crippen LogP contribution < -0.4 is 5.32 Å². The molecule has 0 radical (unpaired) electrons. The molecule has 0 atom stereocenters. The molecule has 0 aliphatic carbocycles. The number of amides is 1. The summed E-state index contributed by atoms with van der Waals surface area (Å²) in [5, 5.41) is 2.94. The molecule has 0 spiro atoms. The lowest BCUT2D eigenvalue weighted by Gasteiger charge is -2.12. The predicted molar refractivity (Wildman–Crippen MR) is 85.2 cm³/mol. The van der Waals surface area contributed by atoms with Crippen LogP contribution in [0.2, 0.25) is 0 Å². The zero-order chi connectivity index (χ0) is 15.0. The number of nitrogens with one attached hydrogen (secondary N) is 1. The smallest absolute Gasteiger partial charge is 0.267 e. The molecule has 0 fully saturated rings. The van der Waals surface area contributed by atoms with E-state index < -0.39 is 0 Å². The van der Waals surface area contributed by atoms with Crippen molar-refractivity contribution in [1.29, 1.82) is 0 Å². The molecule has 0 saturated heterocycles. The monoisotopic (exact) mass is 344 g/mol. The van der Waals surface area contributed by atoms with Crippen LogP contribution in [0.25, 0.3) is 0 Å². The molecule has 0 saturated carbocycles. The Morgan fingerprint density at radius 3 is 2.75 bits per heavy atom. The Morgan fingerprint density at radius 1 is 1.40 bits per heavy atom. The van der Waals surface area contributed by atoms with E-state index in [0.29, 0.717) is 18.8 Å². The molecule has 5 heteroatoms.